The third-order valence-electron chi connectivity index (χ3n) is 4.67. The average molecular weight is 304 g/mol. The molecule has 104 valence electrons. The molecule has 0 atom stereocenters. The number of thioether (sulfide) groups is 1. The molecule has 2 aromatic rings. The second-order valence-corrected chi connectivity index (χ2v) is 7.96. The van der Waals surface area contributed by atoms with E-state index in [-0.39, 0.29) is 5.41 Å². The van der Waals surface area contributed by atoms with Gasteiger partial charge in [0.15, 0.2) is 5.78 Å². The van der Waals surface area contributed by atoms with Crippen LogP contribution in [0.25, 0.3) is 10.6 Å². The summed E-state index contributed by atoms with van der Waals surface area (Å²) in [5.41, 5.74) is 3.52. The number of thiophene rings is 1. The van der Waals surface area contributed by atoms with E-state index in [0.717, 1.165) is 28.3 Å². The van der Waals surface area contributed by atoms with Gasteiger partial charge in [0.2, 0.25) is 0 Å². The molecule has 2 aromatic heterocycles. The summed E-state index contributed by atoms with van der Waals surface area (Å²) in [7, 11) is 0. The van der Waals surface area contributed by atoms with E-state index in [0.29, 0.717) is 5.78 Å². The van der Waals surface area contributed by atoms with Gasteiger partial charge in [-0.1, -0.05) is 6.42 Å². The number of carbonyl (C=O) groups excluding carboxylic acids is 1. The lowest BCUT2D eigenvalue weighted by molar-refractivity contribution is 0.0711. The molecule has 3 nitrogen and oxygen atoms in total. The van der Waals surface area contributed by atoms with E-state index < -0.39 is 0 Å². The second kappa shape index (κ2) is 4.46. The van der Waals surface area contributed by atoms with Crippen LogP contribution in [0.1, 0.15) is 41.6 Å². The summed E-state index contributed by atoms with van der Waals surface area (Å²) in [6.07, 6.45) is 9.42. The van der Waals surface area contributed by atoms with Crippen LogP contribution in [-0.2, 0) is 6.42 Å². The number of fused-ring (bicyclic) bond motifs is 1. The van der Waals surface area contributed by atoms with Gasteiger partial charge in [-0.15, -0.1) is 23.1 Å². The van der Waals surface area contributed by atoms with Crippen LogP contribution >= 0.6 is 23.1 Å². The fourth-order valence-electron chi connectivity index (χ4n) is 3.53. The first-order valence-corrected chi connectivity index (χ1v) is 9.00. The fourth-order valence-corrected chi connectivity index (χ4v) is 5.59. The molecular weight excluding hydrogens is 288 g/mol. The third-order valence-corrected chi connectivity index (χ3v) is 7.05. The number of Topliss-reactive ketones (excluding diaryl/α,β-unsaturated/α-hetero) is 1. The monoisotopic (exact) mass is 304 g/mol. The van der Waals surface area contributed by atoms with Crippen LogP contribution in [0.15, 0.2) is 16.5 Å². The highest BCUT2D eigenvalue weighted by molar-refractivity contribution is 8.00. The molecule has 0 amide bonds. The lowest BCUT2D eigenvalue weighted by Crippen LogP contribution is -2.38. The minimum Gasteiger partial charge on any atom is -0.294 e. The number of aromatic amines is 1. The van der Waals surface area contributed by atoms with Crippen LogP contribution in [0.4, 0.5) is 0 Å². The van der Waals surface area contributed by atoms with Crippen molar-refractivity contribution in [1.29, 1.82) is 0 Å². The molecule has 0 saturated heterocycles. The molecule has 0 aromatic carbocycles. The predicted molar refractivity (Wildman–Crippen MR) is 82.6 cm³/mol. The van der Waals surface area contributed by atoms with Crippen molar-refractivity contribution < 1.29 is 4.79 Å². The van der Waals surface area contributed by atoms with Crippen molar-refractivity contribution in [3.63, 3.8) is 0 Å². The normalized spacial score (nSPS) is 19.9. The summed E-state index contributed by atoms with van der Waals surface area (Å²) in [4.78, 5) is 13.8. The van der Waals surface area contributed by atoms with Crippen LogP contribution in [0.3, 0.4) is 0 Å². The number of H-pyrrole nitrogens is 1. The molecule has 0 unspecified atom stereocenters. The topological polar surface area (TPSA) is 45.8 Å². The standard InChI is InChI=1S/C15H16N2OS2/c1-19-14-12-9(13(20-14)10-3-6-16-17-10)7-15(4-2-5-15)8-11(12)18/h3,6H,2,4-5,7-8H2,1H3,(H,16,17). The molecule has 1 N–H and O–H groups in total. The lowest BCUT2D eigenvalue weighted by Gasteiger charge is -2.44. The summed E-state index contributed by atoms with van der Waals surface area (Å²) in [6.45, 7) is 0. The van der Waals surface area contributed by atoms with E-state index in [9.17, 15) is 4.79 Å². The summed E-state index contributed by atoms with van der Waals surface area (Å²) in [6, 6.07) is 2.00. The second-order valence-electron chi connectivity index (χ2n) is 5.87. The number of carbonyl (C=O) groups is 1. The summed E-state index contributed by atoms with van der Waals surface area (Å²) in [5.74, 6) is 0.355. The molecular formula is C15H16N2OS2. The number of hydrogen-bond donors (Lipinski definition) is 1. The van der Waals surface area contributed by atoms with E-state index in [4.69, 9.17) is 0 Å². The van der Waals surface area contributed by atoms with Crippen LogP contribution in [-0.4, -0.2) is 22.2 Å². The zero-order chi connectivity index (χ0) is 13.7. The molecule has 2 aliphatic rings. The van der Waals surface area contributed by atoms with Gasteiger partial charge < -0.3 is 0 Å². The average Bonchev–Trinajstić information content (AvgIpc) is 3.03. The summed E-state index contributed by atoms with van der Waals surface area (Å²) < 4.78 is 1.16. The van der Waals surface area contributed by atoms with Crippen molar-refractivity contribution in [3.05, 3.63) is 23.4 Å². The molecule has 5 heteroatoms. The maximum atomic E-state index is 12.6. The van der Waals surface area contributed by atoms with Gasteiger partial charge >= 0.3 is 0 Å². The highest BCUT2D eigenvalue weighted by atomic mass is 32.2. The van der Waals surface area contributed by atoms with Crippen LogP contribution in [0.2, 0.25) is 0 Å². The maximum absolute atomic E-state index is 12.6. The Bertz CT molecular complexity index is 668. The quantitative estimate of drug-likeness (QED) is 0.847. The van der Waals surface area contributed by atoms with Gasteiger partial charge in [-0.2, -0.15) is 5.10 Å². The Morgan fingerprint density at radius 2 is 2.25 bits per heavy atom. The number of hydrogen-bond acceptors (Lipinski definition) is 4. The maximum Gasteiger partial charge on any atom is 0.165 e. The first kappa shape index (κ1) is 12.7. The molecule has 1 fully saturated rings. The third kappa shape index (κ3) is 1.72. The Balaban J connectivity index is 1.89. The molecule has 1 saturated carbocycles. The SMILES string of the molecule is CSc1sc(-c2cc[nH]n2)c2c1C(=O)CC1(CCC1)C2. The van der Waals surface area contributed by atoms with Gasteiger partial charge in [-0.05, 0) is 42.6 Å². The summed E-state index contributed by atoms with van der Waals surface area (Å²) >= 11 is 3.42. The van der Waals surface area contributed by atoms with Crippen LogP contribution < -0.4 is 0 Å². The number of rotatable bonds is 2. The largest absolute Gasteiger partial charge is 0.294 e. The smallest absolute Gasteiger partial charge is 0.165 e. The highest BCUT2D eigenvalue weighted by Gasteiger charge is 2.45. The van der Waals surface area contributed by atoms with Crippen molar-refractivity contribution in [2.45, 2.75) is 36.3 Å². The van der Waals surface area contributed by atoms with Crippen molar-refractivity contribution in [1.82, 2.24) is 10.2 Å². The number of aromatic nitrogens is 2. The first-order valence-electron chi connectivity index (χ1n) is 6.95. The Kier molecular flexibility index (Phi) is 2.82. The lowest BCUT2D eigenvalue weighted by atomic mass is 9.59. The van der Waals surface area contributed by atoms with Crippen molar-refractivity contribution >= 4 is 28.9 Å². The van der Waals surface area contributed by atoms with Gasteiger partial charge in [-0.3, -0.25) is 9.89 Å². The zero-order valence-electron chi connectivity index (χ0n) is 11.4. The predicted octanol–water partition coefficient (Wildman–Crippen LogP) is 4.16. The first-order chi connectivity index (χ1) is 9.72. The zero-order valence-corrected chi connectivity index (χ0v) is 13.0. The molecule has 4 rings (SSSR count). The molecule has 0 radical (unpaired) electrons. The van der Waals surface area contributed by atoms with Gasteiger partial charge in [0, 0.05) is 18.2 Å². The molecule has 2 heterocycles. The van der Waals surface area contributed by atoms with E-state index in [1.54, 1.807) is 23.1 Å². The van der Waals surface area contributed by atoms with Gasteiger partial charge in [-0.25, -0.2) is 0 Å². The Hall–Kier alpha value is -1.07. The highest BCUT2D eigenvalue weighted by Crippen LogP contribution is 2.54. The van der Waals surface area contributed by atoms with Gasteiger partial charge in [0.25, 0.3) is 0 Å². The van der Waals surface area contributed by atoms with Crippen molar-refractivity contribution in [3.8, 4) is 10.6 Å². The Labute approximate surface area is 126 Å². The molecule has 1 spiro atoms. The van der Waals surface area contributed by atoms with E-state index >= 15 is 0 Å². The Morgan fingerprint density at radius 3 is 2.85 bits per heavy atom. The van der Waals surface area contributed by atoms with E-state index in [2.05, 4.69) is 16.5 Å². The number of ketones is 1. The van der Waals surface area contributed by atoms with E-state index in [1.807, 2.05) is 12.3 Å². The summed E-state index contributed by atoms with van der Waals surface area (Å²) in [5, 5.41) is 7.21. The Morgan fingerprint density at radius 1 is 1.40 bits per heavy atom. The number of nitrogens with zero attached hydrogens (tertiary/aromatic N) is 1. The van der Waals surface area contributed by atoms with E-state index in [1.165, 1.54) is 29.7 Å². The molecule has 0 aliphatic heterocycles. The van der Waals surface area contributed by atoms with Gasteiger partial charge in [0.1, 0.15) is 5.69 Å². The molecule has 20 heavy (non-hydrogen) atoms. The minimum atomic E-state index is 0.270. The minimum absolute atomic E-state index is 0.270. The molecule has 2 aliphatic carbocycles. The number of nitrogens with one attached hydrogen (secondary N) is 1. The van der Waals surface area contributed by atoms with Crippen molar-refractivity contribution in [2.75, 3.05) is 6.26 Å². The van der Waals surface area contributed by atoms with Crippen LogP contribution in [0, 0.1) is 5.41 Å². The van der Waals surface area contributed by atoms with Gasteiger partial charge in [0.05, 0.1) is 9.09 Å². The fraction of sp³-hybridized carbons (Fsp3) is 0.467. The van der Waals surface area contributed by atoms with Crippen molar-refractivity contribution in [2.24, 2.45) is 5.41 Å². The molecule has 0 bridgehead atoms. The van der Waals surface area contributed by atoms with Crippen LogP contribution in [0.5, 0.6) is 0 Å².